The van der Waals surface area contributed by atoms with E-state index >= 15 is 0 Å². The molecular formula is C31H41N6O4+. The Labute approximate surface area is 240 Å². The number of aromatic hydroxyl groups is 1. The van der Waals surface area contributed by atoms with Gasteiger partial charge in [0.15, 0.2) is 29.3 Å². The molecule has 218 valence electrons. The molecule has 10 heteroatoms. The standard InChI is InChI=1S/C31H40N6O4/c1-36(29(40)22(32)4-3-14-35-30(33)34)20-8-5-18(6-9-20)17-37(2)15-13-31-21-10-12-25(39)28(31)41-27-24(38)11-7-19(26(27)31)16-23(21)37/h5-9,11,21-23,28H,3-4,10,12-17,32H2,1-2H3,(H4-,33,34,35,38)/p+1/t21-,22-,23+,28?,31-,37+/m0/s1. The molecule has 2 aromatic carbocycles. The van der Waals surface area contributed by atoms with Crippen LogP contribution in [0.4, 0.5) is 5.69 Å². The van der Waals surface area contributed by atoms with Crippen LogP contribution in [0.25, 0.3) is 0 Å². The summed E-state index contributed by atoms with van der Waals surface area (Å²) in [4.78, 5) is 31.6. The van der Waals surface area contributed by atoms with E-state index in [1.165, 1.54) is 11.1 Å². The van der Waals surface area contributed by atoms with Gasteiger partial charge < -0.3 is 36.4 Å². The van der Waals surface area contributed by atoms with Crippen molar-refractivity contribution >= 4 is 23.3 Å². The molecule has 7 N–H and O–H groups in total. The fourth-order valence-electron chi connectivity index (χ4n) is 8.25. The molecule has 2 fully saturated rings. The van der Waals surface area contributed by atoms with Gasteiger partial charge in [-0.15, -0.1) is 0 Å². The lowest BCUT2D eigenvalue weighted by atomic mass is 9.51. The van der Waals surface area contributed by atoms with Crippen LogP contribution in [0.15, 0.2) is 41.4 Å². The molecule has 1 saturated carbocycles. The first-order chi connectivity index (χ1) is 19.5. The molecule has 1 amide bonds. The second kappa shape index (κ2) is 10.0. The van der Waals surface area contributed by atoms with Gasteiger partial charge in [0, 0.05) is 55.6 Å². The number of hydrogen-bond acceptors (Lipinski definition) is 6. The Morgan fingerprint density at radius 3 is 2.73 bits per heavy atom. The van der Waals surface area contributed by atoms with Crippen LogP contribution in [0, 0.1) is 5.92 Å². The summed E-state index contributed by atoms with van der Waals surface area (Å²) in [6.45, 7) is 2.23. The van der Waals surface area contributed by atoms with Crippen molar-refractivity contribution in [3.8, 4) is 11.5 Å². The van der Waals surface area contributed by atoms with Gasteiger partial charge in [0.05, 0.1) is 31.1 Å². The number of piperidine rings is 1. The van der Waals surface area contributed by atoms with Crippen LogP contribution in [0.2, 0.25) is 0 Å². The Balaban J connectivity index is 1.18. The van der Waals surface area contributed by atoms with Crippen LogP contribution in [0.5, 0.6) is 11.5 Å². The molecule has 1 spiro atoms. The minimum absolute atomic E-state index is 0.0376. The van der Waals surface area contributed by atoms with Crippen molar-refractivity contribution in [1.82, 2.24) is 0 Å². The maximum atomic E-state index is 13.1. The van der Waals surface area contributed by atoms with E-state index in [0.29, 0.717) is 43.5 Å². The Kier molecular flexibility index (Phi) is 6.73. The molecule has 2 heterocycles. The van der Waals surface area contributed by atoms with E-state index in [2.05, 4.69) is 24.2 Å². The van der Waals surface area contributed by atoms with Crippen molar-refractivity contribution in [1.29, 1.82) is 0 Å². The lowest BCUT2D eigenvalue weighted by molar-refractivity contribution is -0.957. The number of amides is 1. The number of likely N-dealkylation sites (tertiary alicyclic amines) is 1. The minimum atomic E-state index is -0.624. The molecule has 2 bridgehead atoms. The monoisotopic (exact) mass is 561 g/mol. The van der Waals surface area contributed by atoms with Gasteiger partial charge >= 0.3 is 0 Å². The van der Waals surface area contributed by atoms with E-state index in [1.54, 1.807) is 18.0 Å². The summed E-state index contributed by atoms with van der Waals surface area (Å²) in [6.07, 6.45) is 3.82. The number of nitrogens with two attached hydrogens (primary N) is 3. The van der Waals surface area contributed by atoms with Gasteiger partial charge in [-0.05, 0) is 43.0 Å². The second-order valence-electron chi connectivity index (χ2n) is 12.6. The number of phenolic OH excluding ortho intramolecular Hbond substituents is 1. The Morgan fingerprint density at radius 2 is 2.00 bits per heavy atom. The first-order valence-electron chi connectivity index (χ1n) is 14.6. The van der Waals surface area contributed by atoms with E-state index in [-0.39, 0.29) is 28.8 Å². The van der Waals surface area contributed by atoms with Gasteiger partial charge in [-0.2, -0.15) is 0 Å². The maximum Gasteiger partial charge on any atom is 0.243 e. The van der Waals surface area contributed by atoms with Gasteiger partial charge in [0.1, 0.15) is 6.54 Å². The number of ketones is 1. The van der Waals surface area contributed by atoms with Crippen molar-refractivity contribution in [2.24, 2.45) is 28.1 Å². The highest BCUT2D eigenvalue weighted by Gasteiger charge is 2.69. The summed E-state index contributed by atoms with van der Waals surface area (Å²) in [7, 11) is 4.09. The van der Waals surface area contributed by atoms with Crippen LogP contribution < -0.4 is 26.8 Å². The molecule has 2 aliphatic carbocycles. The number of carbonyl (C=O) groups is 2. The number of Topliss-reactive ketones (excluding diaryl/α,β-unsaturated/α-hetero) is 1. The van der Waals surface area contributed by atoms with Crippen molar-refractivity contribution in [2.75, 3.05) is 32.1 Å². The Bertz CT molecular complexity index is 1410. The zero-order chi connectivity index (χ0) is 29.1. The fourth-order valence-corrected chi connectivity index (χ4v) is 8.25. The highest BCUT2D eigenvalue weighted by molar-refractivity contribution is 5.96. The molecule has 6 atom stereocenters. The minimum Gasteiger partial charge on any atom is -0.504 e. The zero-order valence-electron chi connectivity index (χ0n) is 23.9. The number of anilines is 1. The summed E-state index contributed by atoms with van der Waals surface area (Å²) < 4.78 is 7.14. The number of hydrogen-bond donors (Lipinski definition) is 4. The van der Waals surface area contributed by atoms with Gasteiger partial charge in [-0.3, -0.25) is 14.6 Å². The first kappa shape index (κ1) is 27.5. The number of aliphatic imine (C=N–C) groups is 1. The van der Waals surface area contributed by atoms with E-state index in [0.717, 1.165) is 48.1 Å². The van der Waals surface area contributed by atoms with Crippen LogP contribution in [0.3, 0.4) is 0 Å². The summed E-state index contributed by atoms with van der Waals surface area (Å²) in [5.41, 5.74) is 20.9. The predicted octanol–water partition coefficient (Wildman–Crippen LogP) is 1.69. The summed E-state index contributed by atoms with van der Waals surface area (Å²) in [5, 5.41) is 10.6. The topological polar surface area (TPSA) is 157 Å². The second-order valence-corrected chi connectivity index (χ2v) is 12.6. The summed E-state index contributed by atoms with van der Waals surface area (Å²) >= 11 is 0. The average Bonchev–Trinajstić information content (AvgIpc) is 3.31. The zero-order valence-corrected chi connectivity index (χ0v) is 23.9. The summed E-state index contributed by atoms with van der Waals surface area (Å²) in [5.74, 6) is 1.09. The average molecular weight is 562 g/mol. The highest BCUT2D eigenvalue weighted by atomic mass is 16.5. The molecule has 2 aliphatic heterocycles. The molecular weight excluding hydrogens is 520 g/mol. The summed E-state index contributed by atoms with van der Waals surface area (Å²) in [6, 6.07) is 11.7. The molecule has 0 aromatic heterocycles. The number of benzene rings is 2. The third-order valence-corrected chi connectivity index (χ3v) is 10.3. The van der Waals surface area contributed by atoms with Crippen molar-refractivity contribution in [3.63, 3.8) is 0 Å². The van der Waals surface area contributed by atoms with Crippen molar-refractivity contribution in [3.05, 3.63) is 53.1 Å². The molecule has 6 rings (SSSR count). The molecule has 10 nitrogen and oxygen atoms in total. The quantitative estimate of drug-likeness (QED) is 0.165. The molecule has 2 aromatic rings. The van der Waals surface area contributed by atoms with Crippen LogP contribution in [-0.4, -0.2) is 72.6 Å². The Morgan fingerprint density at radius 1 is 1.24 bits per heavy atom. The smallest absolute Gasteiger partial charge is 0.243 e. The largest absolute Gasteiger partial charge is 0.504 e. The SMILES string of the molecule is CN(C(=O)[C@@H](N)CCCN=C(N)N)c1ccc(C[N@@+]2(C)CC[C@]34c5c6ccc(O)c5OC3C(=O)CC[C@H]4[C@H]2C6)cc1. The maximum absolute atomic E-state index is 13.1. The molecule has 4 aliphatic rings. The molecule has 1 unspecified atom stereocenters. The number of guanidine groups is 1. The fraction of sp³-hybridized carbons (Fsp3) is 0.516. The number of nitrogens with zero attached hydrogens (tertiary/aromatic N) is 3. The number of quaternary nitrogens is 1. The van der Waals surface area contributed by atoms with E-state index in [4.69, 9.17) is 21.9 Å². The highest BCUT2D eigenvalue weighted by Crippen LogP contribution is 2.64. The number of phenols is 1. The van der Waals surface area contributed by atoms with Crippen LogP contribution in [0.1, 0.15) is 48.8 Å². The number of rotatable bonds is 8. The van der Waals surface area contributed by atoms with Gasteiger partial charge in [-0.1, -0.05) is 18.2 Å². The predicted molar refractivity (Wildman–Crippen MR) is 157 cm³/mol. The van der Waals surface area contributed by atoms with Gasteiger partial charge in [0.2, 0.25) is 5.91 Å². The van der Waals surface area contributed by atoms with E-state index in [9.17, 15) is 14.7 Å². The third-order valence-electron chi connectivity index (χ3n) is 10.3. The van der Waals surface area contributed by atoms with Crippen molar-refractivity contribution in [2.45, 2.75) is 68.7 Å². The first-order valence-corrected chi connectivity index (χ1v) is 14.6. The van der Waals surface area contributed by atoms with Crippen molar-refractivity contribution < 1.29 is 23.9 Å². The van der Waals surface area contributed by atoms with Crippen LogP contribution >= 0.6 is 0 Å². The molecule has 1 saturated heterocycles. The van der Waals surface area contributed by atoms with E-state index in [1.807, 2.05) is 18.2 Å². The van der Waals surface area contributed by atoms with Gasteiger partial charge in [-0.25, -0.2) is 0 Å². The normalized spacial score (nSPS) is 29.7. The lowest BCUT2D eigenvalue weighted by Crippen LogP contribution is -2.71. The van der Waals surface area contributed by atoms with Gasteiger partial charge in [0.25, 0.3) is 0 Å². The third kappa shape index (κ3) is 4.35. The van der Waals surface area contributed by atoms with Crippen LogP contribution in [-0.2, 0) is 28.0 Å². The Hall–Kier alpha value is -3.63. The number of ether oxygens (including phenoxy) is 1. The molecule has 41 heavy (non-hydrogen) atoms. The number of carbonyl (C=O) groups excluding carboxylic acids is 2. The lowest BCUT2D eigenvalue weighted by Gasteiger charge is -2.60. The number of likely N-dealkylation sites (N-methyl/N-ethyl adjacent to an activating group) is 2. The molecule has 0 radical (unpaired) electrons. The van der Waals surface area contributed by atoms with E-state index < -0.39 is 12.1 Å².